The van der Waals surface area contributed by atoms with E-state index in [1.807, 2.05) is 35.2 Å². The van der Waals surface area contributed by atoms with Gasteiger partial charge in [0.1, 0.15) is 0 Å². The largest absolute Gasteiger partial charge is 0.384 e. The number of para-hydroxylation sites is 1. The second-order valence-electron chi connectivity index (χ2n) is 4.68. The molecule has 1 aliphatic rings. The molecular weight excluding hydrogens is 228 g/mol. The molecule has 1 fully saturated rings. The molecule has 0 aromatic heterocycles. The summed E-state index contributed by atoms with van der Waals surface area (Å²) in [5.74, 6) is 0.593. The molecule has 0 radical (unpaired) electrons. The van der Waals surface area contributed by atoms with Gasteiger partial charge < -0.3 is 15.0 Å². The van der Waals surface area contributed by atoms with Crippen molar-refractivity contribution in [2.45, 2.75) is 12.8 Å². The Bertz CT molecular complexity index is 373. The fourth-order valence-corrected chi connectivity index (χ4v) is 2.26. The molecule has 1 saturated heterocycles. The zero-order valence-corrected chi connectivity index (χ0v) is 10.8. The number of amides is 2. The average Bonchev–Trinajstić information content (AvgIpc) is 2.41. The van der Waals surface area contributed by atoms with E-state index >= 15 is 0 Å². The first-order valence-corrected chi connectivity index (χ1v) is 6.39. The van der Waals surface area contributed by atoms with Crippen molar-refractivity contribution < 1.29 is 9.53 Å². The van der Waals surface area contributed by atoms with E-state index in [0.29, 0.717) is 5.92 Å². The Kier molecular flexibility index (Phi) is 4.59. The molecule has 1 aromatic carbocycles. The van der Waals surface area contributed by atoms with E-state index in [4.69, 9.17) is 4.74 Å². The third kappa shape index (κ3) is 3.47. The molecule has 2 rings (SSSR count). The summed E-state index contributed by atoms with van der Waals surface area (Å²) < 4.78 is 5.15. The van der Waals surface area contributed by atoms with Gasteiger partial charge in [0.15, 0.2) is 0 Å². The molecule has 4 nitrogen and oxygen atoms in total. The predicted octanol–water partition coefficient (Wildman–Crippen LogP) is 2.58. The van der Waals surface area contributed by atoms with Crippen molar-refractivity contribution >= 4 is 11.7 Å². The zero-order chi connectivity index (χ0) is 12.8. The minimum atomic E-state index is -0.00272. The molecule has 98 valence electrons. The number of benzene rings is 1. The minimum absolute atomic E-state index is 0.00272. The van der Waals surface area contributed by atoms with Crippen LogP contribution in [0, 0.1) is 5.92 Å². The van der Waals surface area contributed by atoms with Gasteiger partial charge in [-0.1, -0.05) is 18.2 Å². The summed E-state index contributed by atoms with van der Waals surface area (Å²) in [5, 5.41) is 2.91. The number of carbonyl (C=O) groups excluding carboxylic acids is 1. The molecule has 0 unspecified atom stereocenters. The van der Waals surface area contributed by atoms with Crippen molar-refractivity contribution in [1.82, 2.24) is 4.90 Å². The molecule has 1 heterocycles. The van der Waals surface area contributed by atoms with Crippen LogP contribution in [0.2, 0.25) is 0 Å². The molecule has 1 N–H and O–H groups in total. The van der Waals surface area contributed by atoms with Crippen LogP contribution < -0.4 is 5.32 Å². The quantitative estimate of drug-likeness (QED) is 0.893. The number of carbonyl (C=O) groups is 1. The first-order chi connectivity index (χ1) is 8.79. The monoisotopic (exact) mass is 248 g/mol. The van der Waals surface area contributed by atoms with Crippen molar-refractivity contribution in [1.29, 1.82) is 0 Å². The maximum Gasteiger partial charge on any atom is 0.321 e. The fraction of sp³-hybridized carbons (Fsp3) is 0.500. The summed E-state index contributed by atoms with van der Waals surface area (Å²) in [7, 11) is 1.73. The number of nitrogens with zero attached hydrogens (tertiary/aromatic N) is 1. The van der Waals surface area contributed by atoms with E-state index in [9.17, 15) is 4.79 Å². The number of anilines is 1. The Balaban J connectivity index is 1.81. The fourth-order valence-electron chi connectivity index (χ4n) is 2.26. The molecule has 0 bridgehead atoms. The lowest BCUT2D eigenvalue weighted by Crippen LogP contribution is -2.41. The number of methoxy groups -OCH3 is 1. The Morgan fingerprint density at radius 3 is 2.61 bits per heavy atom. The average molecular weight is 248 g/mol. The molecule has 1 aliphatic heterocycles. The van der Waals surface area contributed by atoms with Gasteiger partial charge in [-0.3, -0.25) is 0 Å². The Labute approximate surface area is 108 Å². The van der Waals surface area contributed by atoms with Gasteiger partial charge in [0, 0.05) is 32.5 Å². The molecule has 2 amide bonds. The highest BCUT2D eigenvalue weighted by atomic mass is 16.5. The predicted molar refractivity (Wildman–Crippen MR) is 71.6 cm³/mol. The Morgan fingerprint density at radius 1 is 1.33 bits per heavy atom. The van der Waals surface area contributed by atoms with E-state index in [-0.39, 0.29) is 6.03 Å². The van der Waals surface area contributed by atoms with Crippen LogP contribution in [-0.2, 0) is 4.74 Å². The van der Waals surface area contributed by atoms with Gasteiger partial charge in [-0.25, -0.2) is 4.79 Å². The van der Waals surface area contributed by atoms with E-state index < -0.39 is 0 Å². The van der Waals surface area contributed by atoms with Crippen LogP contribution in [0.3, 0.4) is 0 Å². The van der Waals surface area contributed by atoms with Gasteiger partial charge in [0.2, 0.25) is 0 Å². The first kappa shape index (κ1) is 12.9. The summed E-state index contributed by atoms with van der Waals surface area (Å²) in [4.78, 5) is 13.9. The molecule has 4 heteroatoms. The van der Waals surface area contributed by atoms with Crippen LogP contribution in [0.15, 0.2) is 30.3 Å². The lowest BCUT2D eigenvalue weighted by Gasteiger charge is -2.31. The second kappa shape index (κ2) is 6.40. The summed E-state index contributed by atoms with van der Waals surface area (Å²) >= 11 is 0. The topological polar surface area (TPSA) is 41.6 Å². The zero-order valence-electron chi connectivity index (χ0n) is 10.8. The normalized spacial score (nSPS) is 16.6. The van der Waals surface area contributed by atoms with Gasteiger partial charge >= 0.3 is 6.03 Å². The number of rotatable bonds is 3. The highest BCUT2D eigenvalue weighted by Crippen LogP contribution is 2.18. The van der Waals surface area contributed by atoms with E-state index in [2.05, 4.69) is 5.32 Å². The van der Waals surface area contributed by atoms with Crippen LogP contribution in [0.1, 0.15) is 12.8 Å². The van der Waals surface area contributed by atoms with Gasteiger partial charge in [-0.05, 0) is 30.9 Å². The summed E-state index contributed by atoms with van der Waals surface area (Å²) in [5.41, 5.74) is 0.849. The van der Waals surface area contributed by atoms with Gasteiger partial charge in [0.05, 0.1) is 0 Å². The van der Waals surface area contributed by atoms with Crippen molar-refractivity contribution in [2.75, 3.05) is 32.1 Å². The number of hydrogen-bond acceptors (Lipinski definition) is 2. The number of likely N-dealkylation sites (tertiary alicyclic amines) is 1. The molecule has 1 aromatic rings. The Morgan fingerprint density at radius 2 is 2.00 bits per heavy atom. The van der Waals surface area contributed by atoms with Crippen LogP contribution in [-0.4, -0.2) is 37.7 Å². The molecule has 0 saturated carbocycles. The maximum absolute atomic E-state index is 12.0. The Hall–Kier alpha value is -1.55. The van der Waals surface area contributed by atoms with Crippen molar-refractivity contribution in [3.8, 4) is 0 Å². The van der Waals surface area contributed by atoms with E-state index in [1.165, 1.54) is 0 Å². The van der Waals surface area contributed by atoms with Crippen LogP contribution >= 0.6 is 0 Å². The smallest absolute Gasteiger partial charge is 0.321 e. The lowest BCUT2D eigenvalue weighted by atomic mass is 9.98. The highest BCUT2D eigenvalue weighted by Gasteiger charge is 2.22. The second-order valence-corrected chi connectivity index (χ2v) is 4.68. The molecule has 0 aliphatic carbocycles. The number of piperidine rings is 1. The number of nitrogens with one attached hydrogen (secondary N) is 1. The van der Waals surface area contributed by atoms with Crippen molar-refractivity contribution in [3.63, 3.8) is 0 Å². The van der Waals surface area contributed by atoms with Crippen LogP contribution in [0.5, 0.6) is 0 Å². The third-order valence-corrected chi connectivity index (χ3v) is 3.33. The van der Waals surface area contributed by atoms with Crippen molar-refractivity contribution in [3.05, 3.63) is 30.3 Å². The van der Waals surface area contributed by atoms with Crippen LogP contribution in [0.25, 0.3) is 0 Å². The molecule has 18 heavy (non-hydrogen) atoms. The maximum atomic E-state index is 12.0. The van der Waals surface area contributed by atoms with E-state index in [1.54, 1.807) is 7.11 Å². The molecular formula is C14H20N2O2. The molecule has 0 atom stereocenters. The lowest BCUT2D eigenvalue weighted by molar-refractivity contribution is 0.110. The summed E-state index contributed by atoms with van der Waals surface area (Å²) in [6.45, 7) is 2.42. The number of hydrogen-bond donors (Lipinski definition) is 1. The van der Waals surface area contributed by atoms with Gasteiger partial charge in [-0.2, -0.15) is 0 Å². The standard InChI is InChI=1S/C14H20N2O2/c1-18-11-12-7-9-16(10-8-12)14(17)15-13-5-3-2-4-6-13/h2-6,12H,7-11H2,1H3,(H,15,17). The van der Waals surface area contributed by atoms with Crippen molar-refractivity contribution in [2.24, 2.45) is 5.92 Å². The van der Waals surface area contributed by atoms with Gasteiger partial charge in [0.25, 0.3) is 0 Å². The van der Waals surface area contributed by atoms with Gasteiger partial charge in [-0.15, -0.1) is 0 Å². The summed E-state index contributed by atoms with van der Waals surface area (Å²) in [6, 6.07) is 9.56. The minimum Gasteiger partial charge on any atom is -0.384 e. The molecule has 0 spiro atoms. The number of urea groups is 1. The third-order valence-electron chi connectivity index (χ3n) is 3.33. The summed E-state index contributed by atoms with van der Waals surface area (Å²) in [6.07, 6.45) is 2.05. The highest BCUT2D eigenvalue weighted by molar-refractivity contribution is 5.89. The van der Waals surface area contributed by atoms with E-state index in [0.717, 1.165) is 38.2 Å². The first-order valence-electron chi connectivity index (χ1n) is 6.39. The van der Waals surface area contributed by atoms with Crippen LogP contribution in [0.4, 0.5) is 10.5 Å². The SMILES string of the molecule is COCC1CCN(C(=O)Nc2ccccc2)CC1. The number of ether oxygens (including phenoxy) is 1.